The molecule has 1 amide bonds. The van der Waals surface area contributed by atoms with Crippen molar-refractivity contribution in [3.63, 3.8) is 0 Å². The van der Waals surface area contributed by atoms with Gasteiger partial charge in [0.2, 0.25) is 5.91 Å². The van der Waals surface area contributed by atoms with Gasteiger partial charge in [0.1, 0.15) is 0 Å². The van der Waals surface area contributed by atoms with Gasteiger partial charge in [-0.15, -0.1) is 0 Å². The number of carbonyl (C=O) groups excluding carboxylic acids is 1. The lowest BCUT2D eigenvalue weighted by Gasteiger charge is -2.34. The first-order valence-corrected chi connectivity index (χ1v) is 7.61. The molecule has 128 valence electrons. The van der Waals surface area contributed by atoms with Crippen molar-refractivity contribution in [3.05, 3.63) is 29.6 Å². The third-order valence-corrected chi connectivity index (χ3v) is 3.82. The van der Waals surface area contributed by atoms with Gasteiger partial charge in [0.25, 0.3) is 0 Å². The topological polar surface area (TPSA) is 68.0 Å². The summed E-state index contributed by atoms with van der Waals surface area (Å²) >= 11 is 0. The second-order valence-corrected chi connectivity index (χ2v) is 5.82. The maximum absolute atomic E-state index is 14.2. The molecule has 1 aromatic rings. The minimum Gasteiger partial charge on any atom is -0.494 e. The Morgan fingerprint density at radius 2 is 2.35 bits per heavy atom. The zero-order chi connectivity index (χ0) is 16.8. The van der Waals surface area contributed by atoms with Crippen LogP contribution in [0.3, 0.4) is 0 Å². The third-order valence-electron chi connectivity index (χ3n) is 3.82. The lowest BCUT2D eigenvalue weighted by molar-refractivity contribution is -0.119. The molecule has 1 atom stereocenters. The largest absolute Gasteiger partial charge is 0.494 e. The number of rotatable bonds is 7. The van der Waals surface area contributed by atoms with E-state index < -0.39 is 0 Å². The summed E-state index contributed by atoms with van der Waals surface area (Å²) in [5.41, 5.74) is 5.79. The lowest BCUT2D eigenvalue weighted by Crippen LogP contribution is -2.47. The van der Waals surface area contributed by atoms with Crippen LogP contribution in [0.25, 0.3) is 0 Å². The van der Waals surface area contributed by atoms with Gasteiger partial charge in [0.15, 0.2) is 11.6 Å². The maximum atomic E-state index is 14.2. The van der Waals surface area contributed by atoms with Crippen molar-refractivity contribution in [3.8, 4) is 5.75 Å². The highest BCUT2D eigenvalue weighted by atomic mass is 19.1. The van der Waals surface area contributed by atoms with Crippen LogP contribution >= 0.6 is 0 Å². The van der Waals surface area contributed by atoms with Gasteiger partial charge in [-0.2, -0.15) is 0 Å². The fourth-order valence-corrected chi connectivity index (χ4v) is 2.79. The average molecular weight is 325 g/mol. The number of nitrogens with zero attached hydrogens (tertiary/aromatic N) is 2. The van der Waals surface area contributed by atoms with Crippen molar-refractivity contribution in [1.29, 1.82) is 0 Å². The highest BCUT2D eigenvalue weighted by Crippen LogP contribution is 2.22. The molecule has 1 aliphatic heterocycles. The lowest BCUT2D eigenvalue weighted by atomic mass is 10.1. The first-order valence-electron chi connectivity index (χ1n) is 7.61. The first kappa shape index (κ1) is 17.7. The van der Waals surface area contributed by atoms with Crippen molar-refractivity contribution in [2.24, 2.45) is 5.73 Å². The van der Waals surface area contributed by atoms with Gasteiger partial charge in [-0.05, 0) is 13.1 Å². The molecule has 1 saturated heterocycles. The van der Waals surface area contributed by atoms with Gasteiger partial charge >= 0.3 is 0 Å². The van der Waals surface area contributed by atoms with Crippen LogP contribution in [0.2, 0.25) is 0 Å². The molecule has 23 heavy (non-hydrogen) atoms. The molecular formula is C16H24FN3O3. The molecule has 1 heterocycles. The van der Waals surface area contributed by atoms with Crippen molar-refractivity contribution in [1.82, 2.24) is 9.80 Å². The Hall–Kier alpha value is -1.70. The predicted molar refractivity (Wildman–Crippen MR) is 84.7 cm³/mol. The molecule has 0 radical (unpaired) electrons. The van der Waals surface area contributed by atoms with Crippen LogP contribution in [0.15, 0.2) is 18.2 Å². The number of morpholine rings is 1. The number of ether oxygens (including phenoxy) is 2. The number of halogens is 1. The van der Waals surface area contributed by atoms with Crippen LogP contribution in [0, 0.1) is 5.82 Å². The number of benzene rings is 1. The Labute approximate surface area is 135 Å². The quantitative estimate of drug-likeness (QED) is 0.788. The summed E-state index contributed by atoms with van der Waals surface area (Å²) in [6, 6.07) is 5.16. The van der Waals surface area contributed by atoms with E-state index in [1.54, 1.807) is 18.2 Å². The number of hydrogen-bond donors (Lipinski definition) is 1. The van der Waals surface area contributed by atoms with Gasteiger partial charge in [0, 0.05) is 31.7 Å². The van der Waals surface area contributed by atoms with Crippen molar-refractivity contribution >= 4 is 5.91 Å². The van der Waals surface area contributed by atoms with Gasteiger partial charge in [-0.3, -0.25) is 14.6 Å². The van der Waals surface area contributed by atoms with Crippen LogP contribution in [-0.2, 0) is 16.1 Å². The van der Waals surface area contributed by atoms with Gasteiger partial charge < -0.3 is 15.2 Å². The van der Waals surface area contributed by atoms with Crippen LogP contribution < -0.4 is 10.5 Å². The van der Waals surface area contributed by atoms with Crippen LogP contribution in [-0.4, -0.2) is 68.8 Å². The predicted octanol–water partition coefficient (Wildman–Crippen LogP) is 0.452. The van der Waals surface area contributed by atoms with Gasteiger partial charge in [-0.1, -0.05) is 12.1 Å². The Morgan fingerprint density at radius 1 is 1.57 bits per heavy atom. The smallest absolute Gasteiger partial charge is 0.231 e. The molecule has 6 nitrogen and oxygen atoms in total. The summed E-state index contributed by atoms with van der Waals surface area (Å²) in [5.74, 6) is -0.420. The summed E-state index contributed by atoms with van der Waals surface area (Å²) in [5, 5.41) is 0. The number of carbonyl (C=O) groups is 1. The highest BCUT2D eigenvalue weighted by molar-refractivity contribution is 5.75. The molecular weight excluding hydrogens is 301 g/mol. The van der Waals surface area contributed by atoms with E-state index in [1.807, 2.05) is 11.9 Å². The van der Waals surface area contributed by atoms with Crippen LogP contribution in [0.5, 0.6) is 5.75 Å². The number of likely N-dealkylation sites (N-methyl/N-ethyl adjacent to an activating group) is 1. The van der Waals surface area contributed by atoms with Crippen molar-refractivity contribution in [2.75, 3.05) is 46.9 Å². The van der Waals surface area contributed by atoms with E-state index in [0.717, 1.165) is 6.54 Å². The number of hydrogen-bond acceptors (Lipinski definition) is 5. The standard InChI is InChI=1S/C16H24FN3O3/c1-19(11-15(18)21)9-13-10-20(6-7-23-13)8-12-4-3-5-14(22-2)16(12)17/h3-5,13H,6-11H2,1-2H3,(H2,18,21). The Balaban J connectivity index is 1.92. The van der Waals surface area contributed by atoms with E-state index in [9.17, 15) is 9.18 Å². The summed E-state index contributed by atoms with van der Waals surface area (Å²) in [4.78, 5) is 14.9. The number of amides is 1. The number of nitrogens with two attached hydrogens (primary N) is 1. The first-order chi connectivity index (χ1) is 11.0. The molecule has 1 aliphatic rings. The molecule has 0 bridgehead atoms. The monoisotopic (exact) mass is 325 g/mol. The molecule has 0 aromatic heterocycles. The normalized spacial score (nSPS) is 19.0. The fraction of sp³-hybridized carbons (Fsp3) is 0.562. The average Bonchev–Trinajstić information content (AvgIpc) is 2.49. The highest BCUT2D eigenvalue weighted by Gasteiger charge is 2.23. The minimum absolute atomic E-state index is 0.0261. The fourth-order valence-electron chi connectivity index (χ4n) is 2.79. The van der Waals surface area contributed by atoms with E-state index >= 15 is 0 Å². The zero-order valence-electron chi connectivity index (χ0n) is 13.6. The molecule has 1 fully saturated rings. The maximum Gasteiger partial charge on any atom is 0.231 e. The van der Waals surface area contributed by atoms with E-state index in [0.29, 0.717) is 31.8 Å². The molecule has 2 N–H and O–H groups in total. The van der Waals surface area contributed by atoms with Crippen LogP contribution in [0.1, 0.15) is 5.56 Å². The van der Waals surface area contributed by atoms with E-state index in [4.69, 9.17) is 15.2 Å². The zero-order valence-corrected chi connectivity index (χ0v) is 13.6. The summed E-state index contributed by atoms with van der Waals surface area (Å²) in [6.45, 7) is 3.32. The second-order valence-electron chi connectivity index (χ2n) is 5.82. The molecule has 2 rings (SSSR count). The van der Waals surface area contributed by atoms with E-state index in [-0.39, 0.29) is 30.1 Å². The Bertz CT molecular complexity index is 541. The molecule has 0 spiro atoms. The summed E-state index contributed by atoms with van der Waals surface area (Å²) in [7, 11) is 3.29. The van der Waals surface area contributed by atoms with Crippen molar-refractivity contribution < 1.29 is 18.7 Å². The third kappa shape index (κ3) is 5.16. The number of primary amides is 1. The minimum atomic E-state index is -0.362. The van der Waals surface area contributed by atoms with E-state index in [2.05, 4.69) is 4.90 Å². The number of methoxy groups -OCH3 is 1. The van der Waals surface area contributed by atoms with Crippen molar-refractivity contribution in [2.45, 2.75) is 12.6 Å². The van der Waals surface area contributed by atoms with Gasteiger partial charge in [0.05, 0.1) is 26.4 Å². The molecule has 1 unspecified atom stereocenters. The Morgan fingerprint density at radius 3 is 3.04 bits per heavy atom. The molecule has 0 saturated carbocycles. The summed E-state index contributed by atoms with van der Waals surface area (Å²) in [6.07, 6.45) is -0.0261. The van der Waals surface area contributed by atoms with Gasteiger partial charge in [-0.25, -0.2) is 4.39 Å². The van der Waals surface area contributed by atoms with Crippen LogP contribution in [0.4, 0.5) is 4.39 Å². The second kappa shape index (κ2) is 8.24. The van der Waals surface area contributed by atoms with E-state index in [1.165, 1.54) is 7.11 Å². The molecule has 0 aliphatic carbocycles. The summed E-state index contributed by atoms with van der Waals surface area (Å²) < 4.78 is 25.0. The molecule has 1 aromatic carbocycles. The molecule has 7 heteroatoms. The SMILES string of the molecule is COc1cccc(CN2CCOC(CN(C)CC(N)=O)C2)c1F. The Kier molecular flexibility index (Phi) is 6.32.